The average molecular weight is 251 g/mol. The lowest BCUT2D eigenvalue weighted by Gasteiger charge is -2.25. The van der Waals surface area contributed by atoms with Crippen molar-refractivity contribution < 1.29 is 14.3 Å². The maximum Gasteiger partial charge on any atom is 0.330 e. The lowest BCUT2D eigenvalue weighted by molar-refractivity contribution is -0.144. The molecule has 0 spiro atoms. The van der Waals surface area contributed by atoms with E-state index in [1.165, 1.54) is 7.11 Å². The van der Waals surface area contributed by atoms with Gasteiger partial charge in [0.2, 0.25) is 0 Å². The van der Waals surface area contributed by atoms with Gasteiger partial charge in [0.25, 0.3) is 0 Å². The second-order valence-electron chi connectivity index (χ2n) is 4.88. The van der Waals surface area contributed by atoms with Crippen LogP contribution in [0.1, 0.15) is 25.0 Å². The summed E-state index contributed by atoms with van der Waals surface area (Å²) in [6.07, 6.45) is 0. The molecule has 4 nitrogen and oxygen atoms in total. The fourth-order valence-electron chi connectivity index (χ4n) is 2.01. The summed E-state index contributed by atoms with van der Waals surface area (Å²) < 4.78 is 10.1. The van der Waals surface area contributed by atoms with E-state index in [0.29, 0.717) is 0 Å². The van der Waals surface area contributed by atoms with E-state index < -0.39 is 5.54 Å². The fraction of sp³-hybridized carbons (Fsp3) is 0.500. The maximum absolute atomic E-state index is 11.6. The second-order valence-corrected chi connectivity index (χ2v) is 4.88. The van der Waals surface area contributed by atoms with Gasteiger partial charge in [0.1, 0.15) is 11.3 Å². The average Bonchev–Trinajstić information content (AvgIpc) is 2.26. The van der Waals surface area contributed by atoms with Crippen LogP contribution in [0.2, 0.25) is 0 Å². The standard InChI is InChI=1S/C14H21NO3/c1-9-7-11(8-10(2)12(9)17-5)15-14(3,4)13(16)18-6/h7-8,15H,1-6H3. The third kappa shape index (κ3) is 2.94. The topological polar surface area (TPSA) is 47.6 Å². The molecule has 0 unspecified atom stereocenters. The van der Waals surface area contributed by atoms with Crippen LogP contribution in [-0.4, -0.2) is 25.7 Å². The van der Waals surface area contributed by atoms with Crippen molar-refractivity contribution in [3.05, 3.63) is 23.3 Å². The zero-order chi connectivity index (χ0) is 13.9. The minimum Gasteiger partial charge on any atom is -0.496 e. The van der Waals surface area contributed by atoms with E-state index in [0.717, 1.165) is 22.6 Å². The molecule has 0 radical (unpaired) electrons. The van der Waals surface area contributed by atoms with Gasteiger partial charge >= 0.3 is 5.97 Å². The summed E-state index contributed by atoms with van der Waals surface area (Å²) in [4.78, 5) is 11.6. The molecule has 0 aliphatic heterocycles. The Hall–Kier alpha value is -1.71. The van der Waals surface area contributed by atoms with Gasteiger partial charge in [-0.1, -0.05) is 0 Å². The molecule has 0 amide bonds. The number of ether oxygens (including phenoxy) is 2. The number of carbonyl (C=O) groups is 1. The van der Waals surface area contributed by atoms with E-state index in [2.05, 4.69) is 5.32 Å². The predicted molar refractivity (Wildman–Crippen MR) is 72.2 cm³/mol. The number of hydrogen-bond donors (Lipinski definition) is 1. The molecule has 0 fully saturated rings. The third-order valence-electron chi connectivity index (χ3n) is 2.82. The van der Waals surface area contributed by atoms with Crippen molar-refractivity contribution in [3.63, 3.8) is 0 Å². The third-order valence-corrected chi connectivity index (χ3v) is 2.82. The lowest BCUT2D eigenvalue weighted by Crippen LogP contribution is -2.41. The van der Waals surface area contributed by atoms with E-state index in [1.807, 2.05) is 26.0 Å². The summed E-state index contributed by atoms with van der Waals surface area (Å²) in [5.74, 6) is 0.574. The Bertz CT molecular complexity index is 429. The molecule has 4 heteroatoms. The van der Waals surface area contributed by atoms with Crippen molar-refractivity contribution in [2.75, 3.05) is 19.5 Å². The van der Waals surface area contributed by atoms with E-state index in [9.17, 15) is 4.79 Å². The smallest absolute Gasteiger partial charge is 0.330 e. The Labute approximate surface area is 108 Å². The monoisotopic (exact) mass is 251 g/mol. The van der Waals surface area contributed by atoms with Crippen molar-refractivity contribution in [2.45, 2.75) is 33.2 Å². The lowest BCUT2D eigenvalue weighted by atomic mass is 10.0. The summed E-state index contributed by atoms with van der Waals surface area (Å²) >= 11 is 0. The van der Waals surface area contributed by atoms with Gasteiger partial charge < -0.3 is 14.8 Å². The Morgan fingerprint density at radius 3 is 2.06 bits per heavy atom. The molecule has 0 saturated carbocycles. The van der Waals surface area contributed by atoms with Crippen molar-refractivity contribution in [1.29, 1.82) is 0 Å². The first-order chi connectivity index (χ1) is 8.31. The summed E-state index contributed by atoms with van der Waals surface area (Å²) in [5.41, 5.74) is 2.17. The van der Waals surface area contributed by atoms with Gasteiger partial charge in [-0.05, 0) is 51.0 Å². The number of benzene rings is 1. The molecule has 100 valence electrons. The SMILES string of the molecule is COC(=O)C(C)(C)Nc1cc(C)c(OC)c(C)c1. The van der Waals surface area contributed by atoms with E-state index in [4.69, 9.17) is 9.47 Å². The zero-order valence-corrected chi connectivity index (χ0v) is 11.9. The Morgan fingerprint density at radius 1 is 1.17 bits per heavy atom. The van der Waals surface area contributed by atoms with Crippen LogP contribution >= 0.6 is 0 Å². The van der Waals surface area contributed by atoms with Gasteiger partial charge in [-0.15, -0.1) is 0 Å². The molecule has 0 saturated heterocycles. The first kappa shape index (κ1) is 14.4. The summed E-state index contributed by atoms with van der Waals surface area (Å²) in [5, 5.41) is 3.17. The first-order valence-corrected chi connectivity index (χ1v) is 5.83. The normalized spacial score (nSPS) is 11.0. The van der Waals surface area contributed by atoms with Gasteiger partial charge in [-0.3, -0.25) is 0 Å². The van der Waals surface area contributed by atoms with Crippen molar-refractivity contribution in [2.24, 2.45) is 0 Å². The molecule has 1 rings (SSSR count). The highest BCUT2D eigenvalue weighted by molar-refractivity contribution is 5.83. The Balaban J connectivity index is 3.03. The second kappa shape index (κ2) is 5.29. The summed E-state index contributed by atoms with van der Waals surface area (Å²) in [6, 6.07) is 3.91. The van der Waals surface area contributed by atoms with E-state index in [-0.39, 0.29) is 5.97 Å². The van der Waals surface area contributed by atoms with Crippen molar-refractivity contribution in [3.8, 4) is 5.75 Å². The van der Waals surface area contributed by atoms with Crippen LogP contribution in [0.4, 0.5) is 5.69 Å². The molecular weight excluding hydrogens is 230 g/mol. The molecule has 0 bridgehead atoms. The van der Waals surface area contributed by atoms with Gasteiger partial charge in [-0.25, -0.2) is 4.79 Å². The number of rotatable bonds is 4. The van der Waals surface area contributed by atoms with Crippen LogP contribution in [0.3, 0.4) is 0 Å². The van der Waals surface area contributed by atoms with Crippen LogP contribution in [0.25, 0.3) is 0 Å². The molecule has 0 atom stereocenters. The minimum absolute atomic E-state index is 0.298. The van der Waals surface area contributed by atoms with Crippen LogP contribution in [0.5, 0.6) is 5.75 Å². The number of hydrogen-bond acceptors (Lipinski definition) is 4. The predicted octanol–water partition coefficient (Wildman–Crippen LogP) is 2.68. The number of methoxy groups -OCH3 is 2. The molecule has 0 heterocycles. The van der Waals surface area contributed by atoms with E-state index in [1.54, 1.807) is 21.0 Å². The number of carbonyl (C=O) groups excluding carboxylic acids is 1. The van der Waals surface area contributed by atoms with Crippen LogP contribution in [-0.2, 0) is 9.53 Å². The quantitative estimate of drug-likeness (QED) is 0.836. The fourth-order valence-corrected chi connectivity index (χ4v) is 2.01. The number of esters is 1. The molecule has 0 aromatic heterocycles. The Kier molecular flexibility index (Phi) is 4.22. The van der Waals surface area contributed by atoms with Crippen LogP contribution in [0.15, 0.2) is 12.1 Å². The number of nitrogens with one attached hydrogen (secondary N) is 1. The van der Waals surface area contributed by atoms with Crippen LogP contribution in [0, 0.1) is 13.8 Å². The molecule has 18 heavy (non-hydrogen) atoms. The van der Waals surface area contributed by atoms with Crippen LogP contribution < -0.4 is 10.1 Å². The van der Waals surface area contributed by atoms with Gasteiger partial charge in [0.05, 0.1) is 14.2 Å². The largest absolute Gasteiger partial charge is 0.496 e. The molecular formula is C14H21NO3. The Morgan fingerprint density at radius 2 is 1.67 bits per heavy atom. The van der Waals surface area contributed by atoms with Crippen molar-refractivity contribution in [1.82, 2.24) is 0 Å². The molecule has 0 aliphatic carbocycles. The maximum atomic E-state index is 11.6. The summed E-state index contributed by atoms with van der Waals surface area (Å²) in [6.45, 7) is 7.52. The molecule has 1 N–H and O–H groups in total. The van der Waals surface area contributed by atoms with E-state index >= 15 is 0 Å². The molecule has 1 aromatic rings. The summed E-state index contributed by atoms with van der Waals surface area (Å²) in [7, 11) is 3.04. The highest BCUT2D eigenvalue weighted by Gasteiger charge is 2.28. The first-order valence-electron chi connectivity index (χ1n) is 5.83. The number of aryl methyl sites for hydroxylation is 2. The van der Waals surface area contributed by atoms with Gasteiger partial charge in [0, 0.05) is 5.69 Å². The minimum atomic E-state index is -0.762. The van der Waals surface area contributed by atoms with Gasteiger partial charge in [-0.2, -0.15) is 0 Å². The van der Waals surface area contributed by atoms with Gasteiger partial charge in [0.15, 0.2) is 0 Å². The highest BCUT2D eigenvalue weighted by atomic mass is 16.5. The molecule has 0 aliphatic rings. The zero-order valence-electron chi connectivity index (χ0n) is 11.9. The molecule has 1 aromatic carbocycles. The van der Waals surface area contributed by atoms with Crippen molar-refractivity contribution >= 4 is 11.7 Å². The highest BCUT2D eigenvalue weighted by Crippen LogP contribution is 2.28. The number of anilines is 1.